The van der Waals surface area contributed by atoms with Crippen molar-refractivity contribution >= 4 is 5.78 Å². The highest BCUT2D eigenvalue weighted by molar-refractivity contribution is 6.04. The number of benzene rings is 1. The van der Waals surface area contributed by atoms with Crippen molar-refractivity contribution in [3.63, 3.8) is 0 Å². The molecule has 0 heterocycles. The Morgan fingerprint density at radius 1 is 1.26 bits per heavy atom. The van der Waals surface area contributed by atoms with Gasteiger partial charge < -0.3 is 10.1 Å². The van der Waals surface area contributed by atoms with Gasteiger partial charge in [0.2, 0.25) is 0 Å². The number of ether oxygens (including phenoxy) is 1. The highest BCUT2D eigenvalue weighted by atomic mass is 19.4. The minimum atomic E-state index is -4.82. The van der Waals surface area contributed by atoms with E-state index in [0.29, 0.717) is 6.54 Å². The zero-order valence-electron chi connectivity index (χ0n) is 11.0. The van der Waals surface area contributed by atoms with E-state index in [2.05, 4.69) is 10.1 Å². The van der Waals surface area contributed by atoms with Crippen LogP contribution in [0.3, 0.4) is 0 Å². The molecule has 1 rings (SSSR count). The van der Waals surface area contributed by atoms with Crippen molar-refractivity contribution < 1.29 is 22.7 Å². The van der Waals surface area contributed by atoms with E-state index in [1.165, 1.54) is 18.2 Å². The SMILES string of the molecule is CCNC(C)(C)C(=O)c1ccccc1OC(F)(F)F. The topological polar surface area (TPSA) is 38.3 Å². The Kier molecular flexibility index (Phi) is 4.57. The molecule has 0 aromatic heterocycles. The van der Waals surface area contributed by atoms with Crippen molar-refractivity contribution in [3.8, 4) is 5.75 Å². The molecule has 106 valence electrons. The maximum absolute atomic E-state index is 12.3. The maximum Gasteiger partial charge on any atom is 0.573 e. The van der Waals surface area contributed by atoms with Gasteiger partial charge in [-0.1, -0.05) is 19.1 Å². The van der Waals surface area contributed by atoms with Crippen LogP contribution in [-0.2, 0) is 0 Å². The molecule has 0 amide bonds. The maximum atomic E-state index is 12.3. The van der Waals surface area contributed by atoms with Crippen molar-refractivity contribution in [2.24, 2.45) is 0 Å². The van der Waals surface area contributed by atoms with E-state index in [0.717, 1.165) is 6.07 Å². The molecule has 1 aromatic rings. The van der Waals surface area contributed by atoms with Crippen LogP contribution in [0.1, 0.15) is 31.1 Å². The van der Waals surface area contributed by atoms with Crippen LogP contribution in [0.4, 0.5) is 13.2 Å². The van der Waals surface area contributed by atoms with Crippen molar-refractivity contribution in [3.05, 3.63) is 29.8 Å². The van der Waals surface area contributed by atoms with Crippen LogP contribution in [0.2, 0.25) is 0 Å². The Bertz CT molecular complexity index is 455. The van der Waals surface area contributed by atoms with Gasteiger partial charge in [-0.25, -0.2) is 0 Å². The third-order valence-corrected chi connectivity index (χ3v) is 2.54. The number of carbonyl (C=O) groups is 1. The fourth-order valence-corrected chi connectivity index (χ4v) is 1.73. The summed E-state index contributed by atoms with van der Waals surface area (Å²) in [5.74, 6) is -0.930. The average Bonchev–Trinajstić information content (AvgIpc) is 2.26. The first-order valence-corrected chi connectivity index (χ1v) is 5.82. The molecule has 0 atom stereocenters. The van der Waals surface area contributed by atoms with Crippen molar-refractivity contribution in [2.75, 3.05) is 6.54 Å². The minimum Gasteiger partial charge on any atom is -0.405 e. The van der Waals surface area contributed by atoms with E-state index in [1.807, 2.05) is 6.92 Å². The summed E-state index contributed by atoms with van der Waals surface area (Å²) in [5.41, 5.74) is -1.05. The van der Waals surface area contributed by atoms with Gasteiger partial charge in [0.05, 0.1) is 11.1 Å². The third kappa shape index (κ3) is 4.24. The lowest BCUT2D eigenvalue weighted by atomic mass is 9.92. The number of ketones is 1. The number of halogens is 3. The van der Waals surface area contributed by atoms with Gasteiger partial charge in [0, 0.05) is 0 Å². The van der Waals surface area contributed by atoms with Crippen LogP contribution < -0.4 is 10.1 Å². The summed E-state index contributed by atoms with van der Waals surface area (Å²) in [4.78, 5) is 12.3. The predicted molar refractivity (Wildman–Crippen MR) is 65.2 cm³/mol. The van der Waals surface area contributed by atoms with Gasteiger partial charge in [-0.15, -0.1) is 13.2 Å². The van der Waals surface area contributed by atoms with Crippen molar-refractivity contribution in [1.82, 2.24) is 5.32 Å². The Morgan fingerprint density at radius 3 is 2.37 bits per heavy atom. The molecule has 0 bridgehead atoms. The number of rotatable bonds is 5. The van der Waals surface area contributed by atoms with Gasteiger partial charge in [0.1, 0.15) is 5.75 Å². The number of carbonyl (C=O) groups excluding carboxylic acids is 1. The molecule has 6 heteroatoms. The molecule has 3 nitrogen and oxygen atoms in total. The first-order valence-electron chi connectivity index (χ1n) is 5.82. The Labute approximate surface area is 109 Å². The second-order valence-corrected chi connectivity index (χ2v) is 4.53. The van der Waals surface area contributed by atoms with E-state index >= 15 is 0 Å². The fourth-order valence-electron chi connectivity index (χ4n) is 1.73. The van der Waals surface area contributed by atoms with E-state index < -0.39 is 23.4 Å². The first kappa shape index (κ1) is 15.5. The number of hydrogen-bond acceptors (Lipinski definition) is 3. The van der Waals surface area contributed by atoms with Crippen LogP contribution in [0.25, 0.3) is 0 Å². The molecule has 0 saturated heterocycles. The summed E-state index contributed by atoms with van der Waals surface area (Å²) < 4.78 is 40.7. The molecule has 0 saturated carbocycles. The first-order chi connectivity index (χ1) is 8.67. The molecule has 0 aliphatic rings. The van der Waals surface area contributed by atoms with Gasteiger partial charge in [0.25, 0.3) is 0 Å². The zero-order chi connectivity index (χ0) is 14.7. The smallest absolute Gasteiger partial charge is 0.405 e. The van der Waals surface area contributed by atoms with E-state index in [4.69, 9.17) is 0 Å². The Morgan fingerprint density at radius 2 is 1.84 bits per heavy atom. The number of Topliss-reactive ketones (excluding diaryl/α,β-unsaturated/α-hetero) is 1. The fraction of sp³-hybridized carbons (Fsp3) is 0.462. The molecule has 1 aromatic carbocycles. The van der Waals surface area contributed by atoms with E-state index in [9.17, 15) is 18.0 Å². The summed E-state index contributed by atoms with van der Waals surface area (Å²) in [7, 11) is 0. The van der Waals surface area contributed by atoms with Crippen LogP contribution in [0.5, 0.6) is 5.75 Å². The predicted octanol–water partition coefficient (Wildman–Crippen LogP) is 3.16. The number of nitrogens with one attached hydrogen (secondary N) is 1. The van der Waals surface area contributed by atoms with Crippen LogP contribution >= 0.6 is 0 Å². The van der Waals surface area contributed by atoms with Crippen molar-refractivity contribution in [2.45, 2.75) is 32.7 Å². The van der Waals surface area contributed by atoms with Crippen LogP contribution in [0.15, 0.2) is 24.3 Å². The summed E-state index contributed by atoms with van der Waals surface area (Å²) in [6.45, 7) is 5.57. The standard InChI is InChI=1S/C13H16F3NO2/c1-4-17-12(2,3)11(18)9-7-5-6-8-10(9)19-13(14,15)16/h5-8,17H,4H2,1-3H3. The second kappa shape index (κ2) is 5.61. The lowest BCUT2D eigenvalue weighted by Crippen LogP contribution is -2.46. The monoisotopic (exact) mass is 275 g/mol. The summed E-state index contributed by atoms with van der Waals surface area (Å²) >= 11 is 0. The third-order valence-electron chi connectivity index (χ3n) is 2.54. The molecule has 0 unspecified atom stereocenters. The van der Waals surface area contributed by atoms with E-state index in [1.54, 1.807) is 13.8 Å². The van der Waals surface area contributed by atoms with Gasteiger partial charge >= 0.3 is 6.36 Å². The van der Waals surface area contributed by atoms with Crippen LogP contribution in [0, 0.1) is 0 Å². The number of para-hydroxylation sites is 1. The lowest BCUT2D eigenvalue weighted by molar-refractivity contribution is -0.274. The molecule has 0 aliphatic heterocycles. The molecule has 0 spiro atoms. The Balaban J connectivity index is 3.10. The number of likely N-dealkylation sites (N-methyl/N-ethyl adjacent to an activating group) is 1. The van der Waals surface area contributed by atoms with E-state index in [-0.39, 0.29) is 5.56 Å². The molecule has 1 N–H and O–H groups in total. The number of alkyl halides is 3. The molecule has 0 radical (unpaired) electrons. The second-order valence-electron chi connectivity index (χ2n) is 4.53. The lowest BCUT2D eigenvalue weighted by Gasteiger charge is -2.25. The normalized spacial score (nSPS) is 12.3. The van der Waals surface area contributed by atoms with Gasteiger partial charge in [-0.05, 0) is 32.5 Å². The molecular weight excluding hydrogens is 259 g/mol. The quantitative estimate of drug-likeness (QED) is 0.839. The summed E-state index contributed by atoms with van der Waals surface area (Å²) in [6, 6.07) is 5.34. The Hall–Kier alpha value is -1.56. The number of hydrogen-bond donors (Lipinski definition) is 1. The highest BCUT2D eigenvalue weighted by Gasteiger charge is 2.35. The summed E-state index contributed by atoms with van der Waals surface area (Å²) in [6.07, 6.45) is -4.82. The molecule has 19 heavy (non-hydrogen) atoms. The molecule has 0 aliphatic carbocycles. The minimum absolute atomic E-state index is 0.0919. The van der Waals surface area contributed by atoms with Gasteiger partial charge in [-0.2, -0.15) is 0 Å². The van der Waals surface area contributed by atoms with Gasteiger partial charge in [0.15, 0.2) is 5.78 Å². The van der Waals surface area contributed by atoms with Crippen molar-refractivity contribution in [1.29, 1.82) is 0 Å². The largest absolute Gasteiger partial charge is 0.573 e. The van der Waals surface area contributed by atoms with Gasteiger partial charge in [-0.3, -0.25) is 4.79 Å². The van der Waals surface area contributed by atoms with Crippen LogP contribution in [-0.4, -0.2) is 24.2 Å². The average molecular weight is 275 g/mol. The zero-order valence-corrected chi connectivity index (χ0v) is 11.0. The highest BCUT2D eigenvalue weighted by Crippen LogP contribution is 2.28. The molecule has 0 fully saturated rings. The summed E-state index contributed by atoms with van der Waals surface area (Å²) in [5, 5.41) is 2.92. The molecular formula is C13H16F3NO2.